The van der Waals surface area contributed by atoms with E-state index in [0.29, 0.717) is 16.3 Å². The van der Waals surface area contributed by atoms with Crippen molar-refractivity contribution in [3.63, 3.8) is 0 Å². The molecule has 0 bridgehead atoms. The molecule has 1 aromatic heterocycles. The van der Waals surface area contributed by atoms with Gasteiger partial charge in [0.25, 0.3) is 11.8 Å². The zero-order valence-electron chi connectivity index (χ0n) is 14.1. The highest BCUT2D eigenvalue weighted by Crippen LogP contribution is 2.33. The van der Waals surface area contributed by atoms with Crippen LogP contribution in [0.5, 0.6) is 5.75 Å². The van der Waals surface area contributed by atoms with E-state index in [9.17, 15) is 14.4 Å². The molecule has 0 radical (unpaired) electrons. The van der Waals surface area contributed by atoms with Crippen molar-refractivity contribution in [2.75, 3.05) is 17.2 Å². The van der Waals surface area contributed by atoms with Crippen molar-refractivity contribution in [2.24, 2.45) is 0 Å². The molecule has 3 N–H and O–H groups in total. The zero-order chi connectivity index (χ0) is 18.7. The Hall–Kier alpha value is -3.07. The number of ether oxygens (including phenoxy) is 2. The van der Waals surface area contributed by atoms with Crippen molar-refractivity contribution in [2.45, 2.75) is 20.1 Å². The molecule has 2 aromatic rings. The Morgan fingerprint density at radius 1 is 1.27 bits per heavy atom. The van der Waals surface area contributed by atoms with Crippen LogP contribution in [0, 0.1) is 0 Å². The molecule has 26 heavy (non-hydrogen) atoms. The average Bonchev–Trinajstić information content (AvgIpc) is 3.19. The van der Waals surface area contributed by atoms with E-state index in [1.165, 1.54) is 17.4 Å². The fourth-order valence-electron chi connectivity index (χ4n) is 2.41. The summed E-state index contributed by atoms with van der Waals surface area (Å²) in [4.78, 5) is 36.0. The van der Waals surface area contributed by atoms with Crippen molar-refractivity contribution in [3.05, 3.63) is 40.8 Å². The Labute approximate surface area is 153 Å². The maximum atomic E-state index is 12.5. The van der Waals surface area contributed by atoms with Gasteiger partial charge in [0.2, 0.25) is 0 Å². The van der Waals surface area contributed by atoms with Gasteiger partial charge in [-0.15, -0.1) is 11.3 Å². The molecule has 0 aliphatic carbocycles. The van der Waals surface area contributed by atoms with Gasteiger partial charge in [-0.2, -0.15) is 0 Å². The van der Waals surface area contributed by atoms with Crippen LogP contribution < -0.4 is 20.7 Å². The minimum Gasteiger partial charge on any atom is -0.469 e. The van der Waals surface area contributed by atoms with E-state index >= 15 is 0 Å². The number of rotatable bonds is 4. The van der Waals surface area contributed by atoms with Crippen LogP contribution in [0.2, 0.25) is 0 Å². The first-order valence-corrected chi connectivity index (χ1v) is 8.80. The lowest BCUT2D eigenvalue weighted by atomic mass is 10.1. The summed E-state index contributed by atoms with van der Waals surface area (Å²) in [5, 5.41) is 9.89. The monoisotopic (exact) mass is 375 g/mol. The number of anilines is 2. The Bertz CT molecular complexity index is 864. The van der Waals surface area contributed by atoms with E-state index in [2.05, 4.69) is 20.7 Å². The highest BCUT2D eigenvalue weighted by molar-refractivity contribution is 7.14. The van der Waals surface area contributed by atoms with Gasteiger partial charge >= 0.3 is 6.09 Å². The molecule has 136 valence electrons. The highest BCUT2D eigenvalue weighted by Gasteiger charge is 2.21. The Morgan fingerprint density at radius 2 is 2.08 bits per heavy atom. The number of hydrogen-bond donors (Lipinski definition) is 3. The maximum absolute atomic E-state index is 12.5. The molecule has 3 rings (SSSR count). The molecule has 0 saturated carbocycles. The lowest BCUT2D eigenvalue weighted by molar-refractivity contribution is 0.0926. The molecule has 9 heteroatoms. The summed E-state index contributed by atoms with van der Waals surface area (Å²) in [6, 6.07) is 6.55. The Morgan fingerprint density at radius 3 is 2.85 bits per heavy atom. The van der Waals surface area contributed by atoms with Crippen LogP contribution in [-0.4, -0.2) is 30.7 Å². The highest BCUT2D eigenvalue weighted by atomic mass is 32.1. The van der Waals surface area contributed by atoms with Gasteiger partial charge < -0.3 is 20.1 Å². The number of imide groups is 1. The molecule has 0 fully saturated rings. The van der Waals surface area contributed by atoms with E-state index < -0.39 is 12.0 Å². The van der Waals surface area contributed by atoms with Crippen molar-refractivity contribution in [3.8, 4) is 5.75 Å². The second-order valence-corrected chi connectivity index (χ2v) is 6.32. The van der Waals surface area contributed by atoms with Crippen LogP contribution in [0.1, 0.15) is 34.6 Å². The predicted octanol–water partition coefficient (Wildman–Crippen LogP) is 3.04. The van der Waals surface area contributed by atoms with E-state index in [4.69, 9.17) is 4.74 Å². The Balaban J connectivity index is 1.71. The molecule has 1 aromatic carbocycles. The number of carbonyl (C=O) groups is 3. The summed E-state index contributed by atoms with van der Waals surface area (Å²) in [6.45, 7) is 3.65. The second-order valence-electron chi connectivity index (χ2n) is 5.41. The lowest BCUT2D eigenvalue weighted by Crippen LogP contribution is -2.31. The average molecular weight is 375 g/mol. The van der Waals surface area contributed by atoms with Gasteiger partial charge in [0.05, 0.1) is 17.9 Å². The van der Waals surface area contributed by atoms with E-state index in [1.54, 1.807) is 30.5 Å². The molecule has 1 atom stereocenters. The molecule has 3 amide bonds. The first-order chi connectivity index (χ1) is 12.5. The summed E-state index contributed by atoms with van der Waals surface area (Å²) in [5.41, 5.74) is 1.34. The van der Waals surface area contributed by atoms with Crippen LogP contribution in [0.15, 0.2) is 29.6 Å². The maximum Gasteiger partial charge on any atom is 0.414 e. The van der Waals surface area contributed by atoms with Gasteiger partial charge in [0.1, 0.15) is 10.8 Å². The topological polar surface area (TPSA) is 106 Å². The van der Waals surface area contributed by atoms with Gasteiger partial charge in [-0.05, 0) is 43.5 Å². The number of amides is 3. The van der Waals surface area contributed by atoms with Gasteiger partial charge in [-0.1, -0.05) is 0 Å². The van der Waals surface area contributed by atoms with Gasteiger partial charge in [-0.25, -0.2) is 4.79 Å². The normalized spacial score (nSPS) is 14.6. The van der Waals surface area contributed by atoms with Crippen LogP contribution in [-0.2, 0) is 4.74 Å². The first kappa shape index (κ1) is 17.7. The molecule has 0 saturated heterocycles. The van der Waals surface area contributed by atoms with Crippen molar-refractivity contribution >= 4 is 39.9 Å². The molecular formula is C17H17N3O5S. The third kappa shape index (κ3) is 3.77. The van der Waals surface area contributed by atoms with Gasteiger partial charge in [0, 0.05) is 5.56 Å². The Kier molecular flexibility index (Phi) is 5.08. The molecule has 1 aliphatic heterocycles. The molecule has 1 unspecified atom stereocenters. The van der Waals surface area contributed by atoms with Crippen molar-refractivity contribution in [1.82, 2.24) is 5.32 Å². The minimum atomic E-state index is -0.834. The third-order valence-electron chi connectivity index (χ3n) is 3.53. The van der Waals surface area contributed by atoms with Crippen molar-refractivity contribution < 1.29 is 23.9 Å². The van der Waals surface area contributed by atoms with Crippen LogP contribution in [0.25, 0.3) is 0 Å². The summed E-state index contributed by atoms with van der Waals surface area (Å²) in [6.07, 6.45) is -0.987. The van der Waals surface area contributed by atoms with E-state index in [1.807, 2.05) is 6.92 Å². The number of thiophene rings is 1. The van der Waals surface area contributed by atoms with Crippen molar-refractivity contribution in [1.29, 1.82) is 0 Å². The molecule has 2 heterocycles. The fourth-order valence-corrected chi connectivity index (χ4v) is 3.19. The van der Waals surface area contributed by atoms with E-state index in [0.717, 1.165) is 5.69 Å². The second kappa shape index (κ2) is 7.44. The van der Waals surface area contributed by atoms with Crippen LogP contribution in [0.4, 0.5) is 15.5 Å². The van der Waals surface area contributed by atoms with E-state index in [-0.39, 0.29) is 24.3 Å². The zero-order valence-corrected chi connectivity index (χ0v) is 14.9. The standard InChI is InChI=1S/C17H17N3O5S/c1-3-24-17(23)20-15(22)11-6-7-26-16(11)19-14(21)10-4-5-13-12(8-10)18-9(2)25-13/h4-9,18H,3H2,1-2H3,(H,19,21)(H,20,22,23). The molecule has 1 aliphatic rings. The van der Waals surface area contributed by atoms with Gasteiger partial charge in [0.15, 0.2) is 6.23 Å². The number of hydrogen-bond acceptors (Lipinski definition) is 7. The lowest BCUT2D eigenvalue weighted by Gasteiger charge is -2.08. The fraction of sp³-hybridized carbons (Fsp3) is 0.235. The van der Waals surface area contributed by atoms with Crippen LogP contribution >= 0.6 is 11.3 Å². The largest absolute Gasteiger partial charge is 0.469 e. The number of fused-ring (bicyclic) bond motifs is 1. The van der Waals surface area contributed by atoms with Crippen LogP contribution in [0.3, 0.4) is 0 Å². The molecular weight excluding hydrogens is 358 g/mol. The summed E-state index contributed by atoms with van der Waals surface area (Å²) in [7, 11) is 0. The number of carbonyl (C=O) groups excluding carboxylic acids is 3. The minimum absolute atomic E-state index is 0.154. The first-order valence-electron chi connectivity index (χ1n) is 7.92. The van der Waals surface area contributed by atoms with Gasteiger partial charge in [-0.3, -0.25) is 14.9 Å². The number of alkyl carbamates (subject to hydrolysis) is 1. The summed E-state index contributed by atoms with van der Waals surface area (Å²) < 4.78 is 10.2. The molecule has 8 nitrogen and oxygen atoms in total. The number of benzene rings is 1. The molecule has 0 spiro atoms. The third-order valence-corrected chi connectivity index (χ3v) is 4.36. The predicted molar refractivity (Wildman–Crippen MR) is 96.9 cm³/mol. The smallest absolute Gasteiger partial charge is 0.414 e. The SMILES string of the molecule is CCOC(=O)NC(=O)c1ccsc1NC(=O)c1ccc2c(c1)NC(C)O2. The summed E-state index contributed by atoms with van der Waals surface area (Å²) in [5.74, 6) is -0.334. The summed E-state index contributed by atoms with van der Waals surface area (Å²) >= 11 is 1.18. The number of nitrogens with one attached hydrogen (secondary N) is 3. The quantitative estimate of drug-likeness (QED) is 0.758.